The first kappa shape index (κ1) is 12.1. The molecular formula is C13H9BrClNO. The fraction of sp³-hybridized carbons (Fsp3) is 0. The predicted molar refractivity (Wildman–Crippen MR) is 73.5 cm³/mol. The van der Waals surface area contributed by atoms with E-state index < -0.39 is 0 Å². The van der Waals surface area contributed by atoms with Gasteiger partial charge in [-0.15, -0.1) is 0 Å². The van der Waals surface area contributed by atoms with Crippen LogP contribution in [0.1, 0.15) is 10.4 Å². The molecule has 0 radical (unpaired) electrons. The molecule has 0 heterocycles. The van der Waals surface area contributed by atoms with E-state index in [1.165, 1.54) is 0 Å². The number of hydrogen-bond acceptors (Lipinski definition) is 1. The Hall–Kier alpha value is -1.32. The number of carbonyl (C=O) groups excluding carboxylic acids is 1. The first-order chi connectivity index (χ1) is 8.16. The standard InChI is InChI=1S/C13H9BrClNO/c14-11-8-10(6-7-12(11)15)16-13(17)9-4-2-1-3-5-9/h1-8H,(H,16,17). The third-order valence-corrected chi connectivity index (χ3v) is 3.43. The van der Waals surface area contributed by atoms with Gasteiger partial charge in [0.05, 0.1) is 5.02 Å². The lowest BCUT2D eigenvalue weighted by Crippen LogP contribution is -2.11. The van der Waals surface area contributed by atoms with E-state index in [-0.39, 0.29) is 5.91 Å². The summed E-state index contributed by atoms with van der Waals surface area (Å²) in [5.74, 6) is -0.139. The minimum atomic E-state index is -0.139. The van der Waals surface area contributed by atoms with Crippen molar-refractivity contribution in [3.63, 3.8) is 0 Å². The van der Waals surface area contributed by atoms with E-state index in [4.69, 9.17) is 11.6 Å². The van der Waals surface area contributed by atoms with Crippen molar-refractivity contribution in [2.45, 2.75) is 0 Å². The van der Waals surface area contributed by atoms with Crippen LogP contribution in [0, 0.1) is 0 Å². The van der Waals surface area contributed by atoms with Crippen LogP contribution >= 0.6 is 27.5 Å². The molecule has 0 aromatic heterocycles. The van der Waals surface area contributed by atoms with E-state index in [0.717, 1.165) is 4.47 Å². The van der Waals surface area contributed by atoms with Gasteiger partial charge in [-0.2, -0.15) is 0 Å². The lowest BCUT2D eigenvalue weighted by molar-refractivity contribution is 0.102. The second-order valence-electron chi connectivity index (χ2n) is 3.45. The molecule has 0 unspecified atom stereocenters. The van der Waals surface area contributed by atoms with Gasteiger partial charge in [0.15, 0.2) is 0 Å². The maximum Gasteiger partial charge on any atom is 0.255 e. The zero-order valence-electron chi connectivity index (χ0n) is 8.78. The number of nitrogens with one attached hydrogen (secondary N) is 1. The van der Waals surface area contributed by atoms with Crippen molar-refractivity contribution in [2.75, 3.05) is 5.32 Å². The maximum absolute atomic E-state index is 11.9. The molecule has 0 aliphatic heterocycles. The average molecular weight is 311 g/mol. The van der Waals surface area contributed by atoms with Crippen molar-refractivity contribution in [1.82, 2.24) is 0 Å². The molecule has 1 amide bonds. The van der Waals surface area contributed by atoms with Crippen LogP contribution in [0.5, 0.6) is 0 Å². The van der Waals surface area contributed by atoms with Gasteiger partial charge in [0.25, 0.3) is 5.91 Å². The fourth-order valence-electron chi connectivity index (χ4n) is 1.37. The number of halogens is 2. The molecule has 17 heavy (non-hydrogen) atoms. The van der Waals surface area contributed by atoms with Crippen LogP contribution in [-0.2, 0) is 0 Å². The number of amides is 1. The summed E-state index contributed by atoms with van der Waals surface area (Å²) in [6.07, 6.45) is 0. The third-order valence-electron chi connectivity index (χ3n) is 2.21. The van der Waals surface area contributed by atoms with Crippen molar-refractivity contribution >= 4 is 39.1 Å². The minimum absolute atomic E-state index is 0.139. The average Bonchev–Trinajstić information content (AvgIpc) is 2.35. The zero-order chi connectivity index (χ0) is 12.3. The summed E-state index contributed by atoms with van der Waals surface area (Å²) in [5, 5.41) is 3.41. The summed E-state index contributed by atoms with van der Waals surface area (Å²) in [5.41, 5.74) is 1.33. The molecule has 0 aliphatic rings. The number of hydrogen-bond donors (Lipinski definition) is 1. The highest BCUT2D eigenvalue weighted by Gasteiger charge is 2.06. The summed E-state index contributed by atoms with van der Waals surface area (Å²) in [6, 6.07) is 14.3. The smallest absolute Gasteiger partial charge is 0.255 e. The Bertz CT molecular complexity index is 542. The molecule has 0 spiro atoms. The SMILES string of the molecule is O=C(Nc1ccc(Cl)c(Br)c1)c1ccccc1. The van der Waals surface area contributed by atoms with Gasteiger partial charge in [-0.25, -0.2) is 0 Å². The van der Waals surface area contributed by atoms with Crippen LogP contribution in [0.15, 0.2) is 53.0 Å². The highest BCUT2D eigenvalue weighted by Crippen LogP contribution is 2.25. The monoisotopic (exact) mass is 309 g/mol. The van der Waals surface area contributed by atoms with Crippen molar-refractivity contribution in [3.05, 3.63) is 63.6 Å². The van der Waals surface area contributed by atoms with E-state index >= 15 is 0 Å². The minimum Gasteiger partial charge on any atom is -0.322 e. The van der Waals surface area contributed by atoms with Gasteiger partial charge in [-0.3, -0.25) is 4.79 Å². The molecule has 2 nitrogen and oxygen atoms in total. The molecule has 0 atom stereocenters. The van der Waals surface area contributed by atoms with Crippen molar-refractivity contribution in [1.29, 1.82) is 0 Å². The number of rotatable bonds is 2. The lowest BCUT2D eigenvalue weighted by atomic mass is 10.2. The number of benzene rings is 2. The number of anilines is 1. The first-order valence-corrected chi connectivity index (χ1v) is 6.15. The highest BCUT2D eigenvalue weighted by atomic mass is 79.9. The predicted octanol–water partition coefficient (Wildman–Crippen LogP) is 4.35. The molecule has 1 N–H and O–H groups in total. The van der Waals surface area contributed by atoms with Crippen LogP contribution < -0.4 is 5.32 Å². The Kier molecular flexibility index (Phi) is 3.82. The number of carbonyl (C=O) groups is 1. The molecule has 0 aliphatic carbocycles. The van der Waals surface area contributed by atoms with Crippen molar-refractivity contribution < 1.29 is 4.79 Å². The summed E-state index contributed by atoms with van der Waals surface area (Å²) >= 11 is 9.18. The Balaban J connectivity index is 2.16. The fourth-order valence-corrected chi connectivity index (χ4v) is 1.86. The van der Waals surface area contributed by atoms with Gasteiger partial charge in [0.1, 0.15) is 0 Å². The molecular weight excluding hydrogens is 302 g/mol. The molecule has 2 rings (SSSR count). The van der Waals surface area contributed by atoms with Crippen LogP contribution in [-0.4, -0.2) is 5.91 Å². The van der Waals surface area contributed by atoms with E-state index in [1.54, 1.807) is 30.3 Å². The molecule has 0 saturated heterocycles. The largest absolute Gasteiger partial charge is 0.322 e. The lowest BCUT2D eigenvalue weighted by Gasteiger charge is -2.06. The summed E-state index contributed by atoms with van der Waals surface area (Å²) in [7, 11) is 0. The van der Waals surface area contributed by atoms with Crippen LogP contribution in [0.3, 0.4) is 0 Å². The molecule has 0 saturated carbocycles. The molecule has 4 heteroatoms. The molecule has 2 aromatic rings. The van der Waals surface area contributed by atoms with Gasteiger partial charge in [0, 0.05) is 15.7 Å². The summed E-state index contributed by atoms with van der Waals surface area (Å²) in [4.78, 5) is 11.9. The Morgan fingerprint density at radius 2 is 1.82 bits per heavy atom. The Morgan fingerprint density at radius 3 is 2.47 bits per heavy atom. The third kappa shape index (κ3) is 3.08. The second kappa shape index (κ2) is 5.34. The van der Waals surface area contributed by atoms with Crippen LogP contribution in [0.2, 0.25) is 5.02 Å². The quantitative estimate of drug-likeness (QED) is 0.877. The van der Waals surface area contributed by atoms with Gasteiger partial charge >= 0.3 is 0 Å². The summed E-state index contributed by atoms with van der Waals surface area (Å²) < 4.78 is 0.755. The van der Waals surface area contributed by atoms with E-state index in [2.05, 4.69) is 21.2 Å². The van der Waals surface area contributed by atoms with E-state index in [1.807, 2.05) is 18.2 Å². The normalized spacial score (nSPS) is 10.0. The van der Waals surface area contributed by atoms with Crippen LogP contribution in [0.4, 0.5) is 5.69 Å². The second-order valence-corrected chi connectivity index (χ2v) is 4.71. The first-order valence-electron chi connectivity index (χ1n) is 4.98. The Morgan fingerprint density at radius 1 is 1.12 bits per heavy atom. The topological polar surface area (TPSA) is 29.1 Å². The van der Waals surface area contributed by atoms with Gasteiger partial charge in [-0.1, -0.05) is 29.8 Å². The van der Waals surface area contributed by atoms with Gasteiger partial charge in [0.2, 0.25) is 0 Å². The maximum atomic E-state index is 11.9. The molecule has 2 aromatic carbocycles. The van der Waals surface area contributed by atoms with Gasteiger partial charge < -0.3 is 5.32 Å². The van der Waals surface area contributed by atoms with Gasteiger partial charge in [-0.05, 0) is 46.3 Å². The Labute approximate surface area is 113 Å². The molecule has 86 valence electrons. The van der Waals surface area contributed by atoms with Crippen LogP contribution in [0.25, 0.3) is 0 Å². The summed E-state index contributed by atoms with van der Waals surface area (Å²) in [6.45, 7) is 0. The van der Waals surface area contributed by atoms with Crippen molar-refractivity contribution in [3.8, 4) is 0 Å². The van der Waals surface area contributed by atoms with E-state index in [0.29, 0.717) is 16.3 Å². The highest BCUT2D eigenvalue weighted by molar-refractivity contribution is 9.10. The van der Waals surface area contributed by atoms with Crippen molar-refractivity contribution in [2.24, 2.45) is 0 Å². The van der Waals surface area contributed by atoms with E-state index in [9.17, 15) is 4.79 Å². The molecule has 0 bridgehead atoms. The molecule has 0 fully saturated rings. The zero-order valence-corrected chi connectivity index (χ0v) is 11.1.